The van der Waals surface area contributed by atoms with E-state index in [1.807, 2.05) is 0 Å². The van der Waals surface area contributed by atoms with Gasteiger partial charge in [0.25, 0.3) is 5.69 Å². The highest BCUT2D eigenvalue weighted by molar-refractivity contribution is 6.32. The van der Waals surface area contributed by atoms with Crippen LogP contribution in [0.1, 0.15) is 11.7 Å². The molecular formula is C10H11ClN2O3. The van der Waals surface area contributed by atoms with Crippen LogP contribution in [-0.2, 0) is 4.74 Å². The van der Waals surface area contributed by atoms with E-state index in [9.17, 15) is 10.1 Å². The second kappa shape index (κ2) is 4.78. The Labute approximate surface area is 97.5 Å². The highest BCUT2D eigenvalue weighted by Crippen LogP contribution is 2.29. The normalized spacial score (nSPS) is 20.7. The van der Waals surface area contributed by atoms with E-state index in [4.69, 9.17) is 16.3 Å². The molecule has 0 amide bonds. The van der Waals surface area contributed by atoms with E-state index < -0.39 is 4.92 Å². The van der Waals surface area contributed by atoms with Crippen LogP contribution in [-0.4, -0.2) is 24.6 Å². The number of morpholine rings is 1. The lowest BCUT2D eigenvalue weighted by molar-refractivity contribution is -0.384. The molecule has 86 valence electrons. The van der Waals surface area contributed by atoms with Gasteiger partial charge in [0.2, 0.25) is 0 Å². The lowest BCUT2D eigenvalue weighted by Gasteiger charge is -2.23. The maximum atomic E-state index is 10.6. The fourth-order valence-corrected chi connectivity index (χ4v) is 1.91. The Morgan fingerprint density at radius 2 is 2.38 bits per heavy atom. The predicted octanol–water partition coefficient (Wildman–Crippen LogP) is 1.91. The first-order valence-corrected chi connectivity index (χ1v) is 5.32. The summed E-state index contributed by atoms with van der Waals surface area (Å²) < 4.78 is 5.53. The standard InChI is InChI=1S/C10H11ClN2O3/c11-8-5-7(1-2-9(8)13(14)15)10-6-12-3-4-16-10/h1-2,5,10,12H,3-4,6H2. The molecular weight excluding hydrogens is 232 g/mol. The number of halogens is 1. The van der Waals surface area contributed by atoms with Crippen LogP contribution in [0.2, 0.25) is 5.02 Å². The van der Waals surface area contributed by atoms with Crippen LogP contribution in [0.3, 0.4) is 0 Å². The molecule has 1 atom stereocenters. The van der Waals surface area contributed by atoms with E-state index >= 15 is 0 Å². The summed E-state index contributed by atoms with van der Waals surface area (Å²) in [5, 5.41) is 13.9. The van der Waals surface area contributed by atoms with Gasteiger partial charge in [-0.05, 0) is 17.7 Å². The molecule has 1 saturated heterocycles. The fraction of sp³-hybridized carbons (Fsp3) is 0.400. The number of nitro groups is 1. The van der Waals surface area contributed by atoms with Crippen LogP contribution in [0.5, 0.6) is 0 Å². The highest BCUT2D eigenvalue weighted by Gasteiger charge is 2.19. The van der Waals surface area contributed by atoms with Crippen molar-refractivity contribution in [1.82, 2.24) is 5.32 Å². The molecule has 1 aliphatic heterocycles. The van der Waals surface area contributed by atoms with Gasteiger partial charge in [0, 0.05) is 19.2 Å². The van der Waals surface area contributed by atoms with E-state index in [1.54, 1.807) is 12.1 Å². The molecule has 2 rings (SSSR count). The van der Waals surface area contributed by atoms with E-state index in [0.717, 1.165) is 12.1 Å². The minimum Gasteiger partial charge on any atom is -0.371 e. The Morgan fingerprint density at radius 3 is 2.94 bits per heavy atom. The predicted molar refractivity (Wildman–Crippen MR) is 59.7 cm³/mol. The number of nitro benzene ring substituents is 1. The van der Waals surface area contributed by atoms with E-state index in [-0.39, 0.29) is 16.8 Å². The van der Waals surface area contributed by atoms with Gasteiger partial charge in [-0.2, -0.15) is 0 Å². The summed E-state index contributed by atoms with van der Waals surface area (Å²) in [6, 6.07) is 4.69. The molecule has 1 unspecified atom stereocenters. The monoisotopic (exact) mass is 242 g/mol. The van der Waals surface area contributed by atoms with Crippen LogP contribution in [0.15, 0.2) is 18.2 Å². The molecule has 6 heteroatoms. The Kier molecular flexibility index (Phi) is 3.38. The molecule has 0 aromatic heterocycles. The minimum atomic E-state index is -0.494. The van der Waals surface area contributed by atoms with Crippen molar-refractivity contribution in [2.45, 2.75) is 6.10 Å². The van der Waals surface area contributed by atoms with Crippen molar-refractivity contribution < 1.29 is 9.66 Å². The van der Waals surface area contributed by atoms with Gasteiger partial charge in [-0.25, -0.2) is 0 Å². The zero-order chi connectivity index (χ0) is 11.5. The highest BCUT2D eigenvalue weighted by atomic mass is 35.5. The second-order valence-electron chi connectivity index (χ2n) is 3.53. The number of nitrogens with one attached hydrogen (secondary N) is 1. The van der Waals surface area contributed by atoms with Gasteiger partial charge in [0.15, 0.2) is 0 Å². The van der Waals surface area contributed by atoms with Crippen LogP contribution < -0.4 is 5.32 Å². The Hall–Kier alpha value is -1.17. The third-order valence-electron chi connectivity index (χ3n) is 2.47. The molecule has 0 radical (unpaired) electrons. The summed E-state index contributed by atoms with van der Waals surface area (Å²) in [5.41, 5.74) is 0.789. The molecule has 16 heavy (non-hydrogen) atoms. The van der Waals surface area contributed by atoms with E-state index in [2.05, 4.69) is 5.32 Å². The third kappa shape index (κ3) is 2.32. The first-order valence-electron chi connectivity index (χ1n) is 4.94. The quantitative estimate of drug-likeness (QED) is 0.636. The molecule has 1 aromatic rings. The molecule has 1 fully saturated rings. The fourth-order valence-electron chi connectivity index (χ4n) is 1.65. The van der Waals surface area contributed by atoms with Crippen molar-refractivity contribution in [3.63, 3.8) is 0 Å². The number of rotatable bonds is 2. The van der Waals surface area contributed by atoms with Crippen LogP contribution >= 0.6 is 11.6 Å². The number of benzene rings is 1. The van der Waals surface area contributed by atoms with Gasteiger partial charge in [-0.1, -0.05) is 11.6 Å². The van der Waals surface area contributed by atoms with Gasteiger partial charge in [-0.15, -0.1) is 0 Å². The Bertz CT molecular complexity index is 405. The maximum Gasteiger partial charge on any atom is 0.287 e. The molecule has 0 spiro atoms. The first kappa shape index (κ1) is 11.3. The summed E-state index contributed by atoms with van der Waals surface area (Å²) in [5.74, 6) is 0. The lowest BCUT2D eigenvalue weighted by atomic mass is 10.1. The van der Waals surface area contributed by atoms with Crippen molar-refractivity contribution in [2.24, 2.45) is 0 Å². The van der Waals surface area contributed by atoms with Gasteiger partial charge in [0.05, 0.1) is 17.6 Å². The summed E-state index contributed by atoms with van der Waals surface area (Å²) in [4.78, 5) is 10.1. The molecule has 0 aliphatic carbocycles. The number of nitrogens with zero attached hydrogens (tertiary/aromatic N) is 1. The van der Waals surface area contributed by atoms with Crippen molar-refractivity contribution in [3.8, 4) is 0 Å². The first-order chi connectivity index (χ1) is 7.68. The Morgan fingerprint density at radius 1 is 1.56 bits per heavy atom. The zero-order valence-electron chi connectivity index (χ0n) is 8.48. The summed E-state index contributed by atoms with van der Waals surface area (Å²) in [6.07, 6.45) is -0.0768. The lowest BCUT2D eigenvalue weighted by Crippen LogP contribution is -2.33. The van der Waals surface area contributed by atoms with Crippen LogP contribution in [0.4, 0.5) is 5.69 Å². The van der Waals surface area contributed by atoms with Gasteiger partial charge in [-0.3, -0.25) is 10.1 Å². The molecule has 0 bridgehead atoms. The van der Waals surface area contributed by atoms with Crippen molar-refractivity contribution in [3.05, 3.63) is 38.9 Å². The number of ether oxygens (including phenoxy) is 1. The van der Waals surface area contributed by atoms with Gasteiger partial charge >= 0.3 is 0 Å². The average Bonchev–Trinajstić information content (AvgIpc) is 2.29. The van der Waals surface area contributed by atoms with Crippen molar-refractivity contribution in [1.29, 1.82) is 0 Å². The summed E-state index contributed by atoms with van der Waals surface area (Å²) >= 11 is 5.83. The van der Waals surface area contributed by atoms with E-state index in [0.29, 0.717) is 13.2 Å². The minimum absolute atomic E-state index is 0.0748. The van der Waals surface area contributed by atoms with Crippen molar-refractivity contribution >= 4 is 17.3 Å². The third-order valence-corrected chi connectivity index (χ3v) is 2.77. The molecule has 1 heterocycles. The topological polar surface area (TPSA) is 64.4 Å². The second-order valence-corrected chi connectivity index (χ2v) is 3.94. The summed E-state index contributed by atoms with van der Waals surface area (Å²) in [6.45, 7) is 2.17. The number of hydrogen-bond acceptors (Lipinski definition) is 4. The zero-order valence-corrected chi connectivity index (χ0v) is 9.24. The molecule has 1 N–H and O–H groups in total. The maximum absolute atomic E-state index is 10.6. The van der Waals surface area contributed by atoms with Crippen LogP contribution in [0.25, 0.3) is 0 Å². The van der Waals surface area contributed by atoms with Gasteiger partial charge < -0.3 is 10.1 Å². The van der Waals surface area contributed by atoms with Gasteiger partial charge in [0.1, 0.15) is 5.02 Å². The van der Waals surface area contributed by atoms with Crippen molar-refractivity contribution in [2.75, 3.05) is 19.7 Å². The molecule has 0 saturated carbocycles. The summed E-state index contributed by atoms with van der Waals surface area (Å²) in [7, 11) is 0. The smallest absolute Gasteiger partial charge is 0.287 e. The number of hydrogen-bond donors (Lipinski definition) is 1. The molecule has 1 aliphatic rings. The van der Waals surface area contributed by atoms with E-state index in [1.165, 1.54) is 6.07 Å². The average molecular weight is 243 g/mol. The SMILES string of the molecule is O=[N+]([O-])c1ccc(C2CNCCO2)cc1Cl. The Balaban J connectivity index is 2.23. The largest absolute Gasteiger partial charge is 0.371 e. The molecule has 5 nitrogen and oxygen atoms in total. The molecule has 1 aromatic carbocycles. The van der Waals surface area contributed by atoms with Crippen LogP contribution in [0, 0.1) is 10.1 Å².